The van der Waals surface area contributed by atoms with Gasteiger partial charge in [-0.25, -0.2) is 4.39 Å². The van der Waals surface area contributed by atoms with E-state index in [1.807, 2.05) is 4.90 Å². The molecule has 0 aromatic heterocycles. The summed E-state index contributed by atoms with van der Waals surface area (Å²) in [5.74, 6) is -0.848. The molecule has 3 rings (SSSR count). The van der Waals surface area contributed by atoms with E-state index in [4.69, 9.17) is 11.6 Å². The molecule has 2 amide bonds. The van der Waals surface area contributed by atoms with Crippen LogP contribution in [0.1, 0.15) is 17.3 Å². The molecule has 1 atom stereocenters. The number of benzene rings is 2. The first kappa shape index (κ1) is 20.8. The van der Waals surface area contributed by atoms with Gasteiger partial charge in [-0.15, -0.1) is 0 Å². The Kier molecular flexibility index (Phi) is 6.69. The van der Waals surface area contributed by atoms with Crippen molar-refractivity contribution in [3.63, 3.8) is 0 Å². The molecule has 5 nitrogen and oxygen atoms in total. The minimum Gasteiger partial charge on any atom is -0.336 e. The van der Waals surface area contributed by atoms with Gasteiger partial charge < -0.3 is 10.2 Å². The predicted octanol–water partition coefficient (Wildman–Crippen LogP) is 4.03. The maximum atomic E-state index is 13.9. The second kappa shape index (κ2) is 9.03. The smallest absolute Gasteiger partial charge is 0.253 e. The minimum absolute atomic E-state index is 0.0730. The zero-order valence-corrected chi connectivity index (χ0v) is 17.6. The summed E-state index contributed by atoms with van der Waals surface area (Å²) in [4.78, 5) is 28.8. The first-order valence-corrected chi connectivity index (χ1v) is 10.1. The standard InChI is InChI=1S/C20H20BrClFN3O2/c1-13(19(27)24-18-6-5-15(21)12-17(18)23)25-7-9-26(10-8-25)20(28)14-3-2-4-16(22)11-14/h2-6,11-13H,7-10H2,1H3,(H,24,27). The van der Waals surface area contributed by atoms with E-state index in [0.29, 0.717) is 41.2 Å². The fourth-order valence-corrected chi connectivity index (χ4v) is 3.63. The number of piperazine rings is 1. The van der Waals surface area contributed by atoms with Crippen LogP contribution < -0.4 is 5.32 Å². The number of anilines is 1. The number of carbonyl (C=O) groups excluding carboxylic acids is 2. The second-order valence-corrected chi connectivity index (χ2v) is 7.98. The average Bonchev–Trinajstić information content (AvgIpc) is 2.69. The zero-order valence-electron chi connectivity index (χ0n) is 15.3. The monoisotopic (exact) mass is 467 g/mol. The Bertz CT molecular complexity index is 888. The lowest BCUT2D eigenvalue weighted by Gasteiger charge is -2.37. The summed E-state index contributed by atoms with van der Waals surface area (Å²) >= 11 is 9.15. The zero-order chi connectivity index (χ0) is 20.3. The van der Waals surface area contributed by atoms with Gasteiger partial charge in [0.15, 0.2) is 0 Å². The van der Waals surface area contributed by atoms with E-state index < -0.39 is 11.9 Å². The van der Waals surface area contributed by atoms with Crippen molar-refractivity contribution in [2.24, 2.45) is 0 Å². The highest BCUT2D eigenvalue weighted by molar-refractivity contribution is 9.10. The van der Waals surface area contributed by atoms with Crippen LogP contribution in [-0.2, 0) is 4.79 Å². The Morgan fingerprint density at radius 1 is 1.14 bits per heavy atom. The molecule has 1 aliphatic heterocycles. The van der Waals surface area contributed by atoms with Crippen molar-refractivity contribution < 1.29 is 14.0 Å². The third-order valence-electron chi connectivity index (χ3n) is 4.79. The lowest BCUT2D eigenvalue weighted by atomic mass is 10.1. The predicted molar refractivity (Wildman–Crippen MR) is 111 cm³/mol. The first-order chi connectivity index (χ1) is 13.3. The first-order valence-electron chi connectivity index (χ1n) is 8.90. The number of rotatable bonds is 4. The molecule has 0 saturated carbocycles. The van der Waals surface area contributed by atoms with Gasteiger partial charge in [-0.1, -0.05) is 33.6 Å². The number of nitrogens with one attached hydrogen (secondary N) is 1. The summed E-state index contributed by atoms with van der Waals surface area (Å²) in [6, 6.07) is 10.9. The van der Waals surface area contributed by atoms with E-state index in [1.165, 1.54) is 12.1 Å². The summed E-state index contributed by atoms with van der Waals surface area (Å²) in [5, 5.41) is 3.15. The Morgan fingerprint density at radius 2 is 1.86 bits per heavy atom. The summed E-state index contributed by atoms with van der Waals surface area (Å²) in [7, 11) is 0. The highest BCUT2D eigenvalue weighted by Gasteiger charge is 2.28. The van der Waals surface area contributed by atoms with Crippen molar-refractivity contribution in [2.45, 2.75) is 13.0 Å². The SMILES string of the molecule is CC(C(=O)Nc1ccc(Br)cc1F)N1CCN(C(=O)c2cccc(Cl)c2)CC1. The summed E-state index contributed by atoms with van der Waals surface area (Å²) < 4.78 is 14.5. The second-order valence-electron chi connectivity index (χ2n) is 6.63. The lowest BCUT2D eigenvalue weighted by Crippen LogP contribution is -2.54. The molecule has 0 bridgehead atoms. The highest BCUT2D eigenvalue weighted by Crippen LogP contribution is 2.20. The molecule has 1 N–H and O–H groups in total. The van der Waals surface area contributed by atoms with Gasteiger partial charge in [-0.05, 0) is 43.3 Å². The van der Waals surface area contributed by atoms with Crippen molar-refractivity contribution >= 4 is 45.0 Å². The van der Waals surface area contributed by atoms with Crippen LogP contribution in [0.3, 0.4) is 0 Å². The third-order valence-corrected chi connectivity index (χ3v) is 5.52. The number of hydrogen-bond acceptors (Lipinski definition) is 3. The molecule has 1 fully saturated rings. The number of hydrogen-bond donors (Lipinski definition) is 1. The molecule has 0 radical (unpaired) electrons. The summed E-state index contributed by atoms with van der Waals surface area (Å²) in [6.45, 7) is 3.92. The van der Waals surface area contributed by atoms with Crippen molar-refractivity contribution in [1.82, 2.24) is 9.80 Å². The summed E-state index contributed by atoms with van der Waals surface area (Å²) in [5.41, 5.74) is 0.701. The van der Waals surface area contributed by atoms with Gasteiger partial charge in [0, 0.05) is 41.2 Å². The van der Waals surface area contributed by atoms with Crippen LogP contribution >= 0.6 is 27.5 Å². The van der Waals surface area contributed by atoms with Gasteiger partial charge in [0.1, 0.15) is 5.82 Å². The molecular weight excluding hydrogens is 449 g/mol. The van der Waals surface area contributed by atoms with Gasteiger partial charge in [0.25, 0.3) is 5.91 Å². The Balaban J connectivity index is 1.56. The molecule has 1 unspecified atom stereocenters. The van der Waals surface area contributed by atoms with Gasteiger partial charge in [-0.2, -0.15) is 0 Å². The van der Waals surface area contributed by atoms with E-state index in [0.717, 1.165) is 0 Å². The largest absolute Gasteiger partial charge is 0.336 e. The van der Waals surface area contributed by atoms with Crippen LogP contribution in [-0.4, -0.2) is 53.8 Å². The van der Waals surface area contributed by atoms with Gasteiger partial charge >= 0.3 is 0 Å². The molecule has 1 aliphatic rings. The average molecular weight is 469 g/mol. The van der Waals surface area contributed by atoms with Gasteiger partial charge in [-0.3, -0.25) is 14.5 Å². The molecule has 0 aliphatic carbocycles. The van der Waals surface area contributed by atoms with Gasteiger partial charge in [0.05, 0.1) is 11.7 Å². The lowest BCUT2D eigenvalue weighted by molar-refractivity contribution is -0.121. The van der Waals surface area contributed by atoms with Crippen LogP contribution in [0.5, 0.6) is 0 Å². The molecule has 2 aromatic carbocycles. The molecule has 28 heavy (non-hydrogen) atoms. The van der Waals surface area contributed by atoms with E-state index in [1.54, 1.807) is 42.2 Å². The number of amides is 2. The van der Waals surface area contributed by atoms with Crippen molar-refractivity contribution in [3.05, 3.63) is 63.3 Å². The fourth-order valence-electron chi connectivity index (χ4n) is 3.11. The molecular formula is C20H20BrClFN3O2. The molecule has 1 saturated heterocycles. The number of halogens is 3. The highest BCUT2D eigenvalue weighted by atomic mass is 79.9. The molecule has 2 aromatic rings. The van der Waals surface area contributed by atoms with Crippen molar-refractivity contribution in [2.75, 3.05) is 31.5 Å². The van der Waals surface area contributed by atoms with Crippen molar-refractivity contribution in [3.8, 4) is 0 Å². The number of nitrogens with zero attached hydrogens (tertiary/aromatic N) is 2. The number of carbonyl (C=O) groups is 2. The topological polar surface area (TPSA) is 52.7 Å². The molecule has 1 heterocycles. The maximum Gasteiger partial charge on any atom is 0.253 e. The molecule has 0 spiro atoms. The van der Waals surface area contributed by atoms with Gasteiger partial charge in [0.2, 0.25) is 5.91 Å². The van der Waals surface area contributed by atoms with Crippen LogP contribution in [0.15, 0.2) is 46.9 Å². The summed E-state index contributed by atoms with van der Waals surface area (Å²) in [6.07, 6.45) is 0. The molecule has 8 heteroatoms. The van der Waals surface area contributed by atoms with Crippen LogP contribution in [0.25, 0.3) is 0 Å². The van der Waals surface area contributed by atoms with E-state index in [-0.39, 0.29) is 17.5 Å². The van der Waals surface area contributed by atoms with Crippen LogP contribution in [0, 0.1) is 5.82 Å². The Labute approximate surface area is 176 Å². The third kappa shape index (κ3) is 4.90. The minimum atomic E-state index is -0.494. The van der Waals surface area contributed by atoms with E-state index in [9.17, 15) is 14.0 Å². The maximum absolute atomic E-state index is 13.9. The molecule has 148 valence electrons. The van der Waals surface area contributed by atoms with Crippen molar-refractivity contribution in [1.29, 1.82) is 0 Å². The fraction of sp³-hybridized carbons (Fsp3) is 0.300. The van der Waals surface area contributed by atoms with E-state index in [2.05, 4.69) is 21.2 Å². The van der Waals surface area contributed by atoms with E-state index >= 15 is 0 Å². The normalized spacial score (nSPS) is 15.9. The Hall–Kier alpha value is -1.96. The quantitative estimate of drug-likeness (QED) is 0.737. The Morgan fingerprint density at radius 3 is 2.50 bits per heavy atom. The van der Waals surface area contributed by atoms with Crippen LogP contribution in [0.2, 0.25) is 5.02 Å². The van der Waals surface area contributed by atoms with Crippen LogP contribution in [0.4, 0.5) is 10.1 Å².